The molecule has 0 aliphatic rings. The number of rotatable bonds is 4. The number of nitrogens with two attached hydrogens (primary N) is 1. The Morgan fingerprint density at radius 2 is 2.29 bits per heavy atom. The number of Topliss-reactive ketones (excluding diaryl/α,β-unsaturated/α-hetero) is 1. The summed E-state index contributed by atoms with van der Waals surface area (Å²) in [6.45, 7) is 6.06. The zero-order valence-electron chi connectivity index (χ0n) is 8.83. The average molecular weight is 212 g/mol. The number of nitrogens with zero attached hydrogens (tertiary/aromatic N) is 1. The fourth-order valence-corrected chi connectivity index (χ4v) is 1.62. The van der Waals surface area contributed by atoms with E-state index < -0.39 is 5.41 Å². The number of hydrogen-bond acceptors (Lipinski definition) is 4. The largest absolute Gasteiger partial charge is 0.329 e. The van der Waals surface area contributed by atoms with Crippen LogP contribution in [0.4, 0.5) is 0 Å². The second-order valence-corrected chi connectivity index (χ2v) is 5.11. The number of aryl methyl sites for hydroxylation is 1. The van der Waals surface area contributed by atoms with E-state index in [1.165, 1.54) is 0 Å². The Balaban J connectivity index is 2.66. The Bertz CT molecular complexity index is 331. The summed E-state index contributed by atoms with van der Waals surface area (Å²) in [5.41, 5.74) is 5.95. The normalized spacial score (nSPS) is 11.7. The highest BCUT2D eigenvalue weighted by molar-refractivity contribution is 7.09. The van der Waals surface area contributed by atoms with Gasteiger partial charge in [0.15, 0.2) is 0 Å². The number of thiazole rings is 1. The van der Waals surface area contributed by atoms with Gasteiger partial charge in [-0.3, -0.25) is 4.79 Å². The van der Waals surface area contributed by atoms with Gasteiger partial charge in [-0.25, -0.2) is 4.98 Å². The van der Waals surface area contributed by atoms with Gasteiger partial charge in [0.1, 0.15) is 5.78 Å². The van der Waals surface area contributed by atoms with Crippen molar-refractivity contribution in [1.29, 1.82) is 0 Å². The van der Waals surface area contributed by atoms with Crippen LogP contribution in [0.15, 0.2) is 5.38 Å². The van der Waals surface area contributed by atoms with E-state index in [0.29, 0.717) is 13.0 Å². The lowest BCUT2D eigenvalue weighted by atomic mass is 9.86. The highest BCUT2D eigenvalue weighted by Crippen LogP contribution is 2.18. The predicted octanol–water partition coefficient (Wildman–Crippen LogP) is 1.55. The third-order valence-corrected chi connectivity index (χ3v) is 3.10. The summed E-state index contributed by atoms with van der Waals surface area (Å²) in [4.78, 5) is 16.0. The van der Waals surface area contributed by atoms with E-state index in [-0.39, 0.29) is 5.78 Å². The van der Waals surface area contributed by atoms with Crippen molar-refractivity contribution in [2.75, 3.05) is 6.54 Å². The van der Waals surface area contributed by atoms with Crippen LogP contribution in [0.5, 0.6) is 0 Å². The van der Waals surface area contributed by atoms with Crippen molar-refractivity contribution in [2.24, 2.45) is 11.1 Å². The third kappa shape index (κ3) is 2.62. The average Bonchev–Trinajstić information content (AvgIpc) is 2.51. The number of aromatic nitrogens is 1. The molecule has 3 nitrogen and oxygen atoms in total. The van der Waals surface area contributed by atoms with Crippen LogP contribution in [0.1, 0.15) is 24.5 Å². The van der Waals surface area contributed by atoms with Gasteiger partial charge in [0.2, 0.25) is 0 Å². The van der Waals surface area contributed by atoms with Gasteiger partial charge in [0.25, 0.3) is 0 Å². The summed E-state index contributed by atoms with van der Waals surface area (Å²) in [6, 6.07) is 0. The highest BCUT2D eigenvalue weighted by Gasteiger charge is 2.25. The molecule has 0 aromatic carbocycles. The van der Waals surface area contributed by atoms with Crippen molar-refractivity contribution in [1.82, 2.24) is 4.98 Å². The fourth-order valence-electron chi connectivity index (χ4n) is 1.01. The van der Waals surface area contributed by atoms with E-state index in [9.17, 15) is 4.79 Å². The molecular weight excluding hydrogens is 196 g/mol. The van der Waals surface area contributed by atoms with E-state index in [4.69, 9.17) is 5.73 Å². The van der Waals surface area contributed by atoms with Crippen molar-refractivity contribution in [3.8, 4) is 0 Å². The van der Waals surface area contributed by atoms with Gasteiger partial charge in [-0.15, -0.1) is 11.3 Å². The lowest BCUT2D eigenvalue weighted by molar-refractivity contribution is -0.126. The number of ketones is 1. The quantitative estimate of drug-likeness (QED) is 0.823. The summed E-state index contributed by atoms with van der Waals surface area (Å²) < 4.78 is 0. The summed E-state index contributed by atoms with van der Waals surface area (Å²) in [5, 5.41) is 2.93. The first-order valence-electron chi connectivity index (χ1n) is 4.60. The maximum absolute atomic E-state index is 11.8. The topological polar surface area (TPSA) is 56.0 Å². The molecule has 0 fully saturated rings. The first kappa shape index (κ1) is 11.3. The molecule has 0 aliphatic carbocycles. The molecule has 78 valence electrons. The summed E-state index contributed by atoms with van der Waals surface area (Å²) in [6.07, 6.45) is 0.397. The van der Waals surface area contributed by atoms with E-state index in [0.717, 1.165) is 10.7 Å². The number of hydrogen-bond donors (Lipinski definition) is 1. The van der Waals surface area contributed by atoms with E-state index in [1.54, 1.807) is 11.3 Å². The lowest BCUT2D eigenvalue weighted by Gasteiger charge is -2.19. The molecule has 1 aromatic rings. The van der Waals surface area contributed by atoms with Gasteiger partial charge in [0, 0.05) is 17.3 Å². The van der Waals surface area contributed by atoms with E-state index in [2.05, 4.69) is 4.98 Å². The van der Waals surface area contributed by atoms with Crippen molar-refractivity contribution in [3.05, 3.63) is 16.1 Å². The Labute approximate surface area is 88.3 Å². The van der Waals surface area contributed by atoms with Crippen molar-refractivity contribution in [2.45, 2.75) is 27.2 Å². The smallest absolute Gasteiger partial charge is 0.145 e. The van der Waals surface area contributed by atoms with Gasteiger partial charge in [-0.05, 0) is 6.92 Å². The van der Waals surface area contributed by atoms with Crippen molar-refractivity contribution < 1.29 is 4.79 Å². The maximum Gasteiger partial charge on any atom is 0.145 e. The van der Waals surface area contributed by atoms with Crippen LogP contribution in [0.3, 0.4) is 0 Å². The van der Waals surface area contributed by atoms with Crippen LogP contribution in [-0.4, -0.2) is 17.3 Å². The number of carbonyl (C=O) groups is 1. The zero-order valence-corrected chi connectivity index (χ0v) is 9.65. The molecule has 0 saturated carbocycles. The second kappa shape index (κ2) is 4.19. The summed E-state index contributed by atoms with van der Waals surface area (Å²) in [7, 11) is 0. The molecule has 0 radical (unpaired) electrons. The van der Waals surface area contributed by atoms with Crippen LogP contribution in [0, 0.1) is 12.3 Å². The fraction of sp³-hybridized carbons (Fsp3) is 0.600. The van der Waals surface area contributed by atoms with E-state index >= 15 is 0 Å². The van der Waals surface area contributed by atoms with Crippen LogP contribution < -0.4 is 5.73 Å². The van der Waals surface area contributed by atoms with Crippen LogP contribution in [-0.2, 0) is 11.2 Å². The SMILES string of the molecule is Cc1nc(CC(=O)C(C)(C)CN)cs1. The van der Waals surface area contributed by atoms with Gasteiger partial charge >= 0.3 is 0 Å². The Morgan fingerprint density at radius 1 is 1.64 bits per heavy atom. The molecule has 0 spiro atoms. The summed E-state index contributed by atoms with van der Waals surface area (Å²) >= 11 is 1.57. The van der Waals surface area contributed by atoms with Gasteiger partial charge < -0.3 is 5.73 Å². The highest BCUT2D eigenvalue weighted by atomic mass is 32.1. The van der Waals surface area contributed by atoms with Gasteiger partial charge in [-0.2, -0.15) is 0 Å². The van der Waals surface area contributed by atoms with Crippen molar-refractivity contribution >= 4 is 17.1 Å². The molecule has 4 heteroatoms. The van der Waals surface area contributed by atoms with Crippen molar-refractivity contribution in [3.63, 3.8) is 0 Å². The first-order valence-corrected chi connectivity index (χ1v) is 5.48. The Kier molecular flexibility index (Phi) is 3.39. The molecule has 14 heavy (non-hydrogen) atoms. The number of carbonyl (C=O) groups excluding carboxylic acids is 1. The zero-order chi connectivity index (χ0) is 10.8. The molecule has 0 unspecified atom stereocenters. The molecule has 0 saturated heterocycles. The standard InChI is InChI=1S/C10H16N2OS/c1-7-12-8(5-14-7)4-9(13)10(2,3)6-11/h5H,4,6,11H2,1-3H3. The minimum Gasteiger partial charge on any atom is -0.329 e. The predicted molar refractivity (Wildman–Crippen MR) is 58.4 cm³/mol. The van der Waals surface area contributed by atoms with E-state index in [1.807, 2.05) is 26.2 Å². The Hall–Kier alpha value is -0.740. The van der Waals surface area contributed by atoms with Crippen LogP contribution in [0.25, 0.3) is 0 Å². The van der Waals surface area contributed by atoms with Crippen LogP contribution >= 0.6 is 11.3 Å². The monoisotopic (exact) mass is 212 g/mol. The molecule has 1 rings (SSSR count). The molecule has 2 N–H and O–H groups in total. The second-order valence-electron chi connectivity index (χ2n) is 4.05. The minimum atomic E-state index is -0.433. The molecule has 0 atom stereocenters. The lowest BCUT2D eigenvalue weighted by Crippen LogP contribution is -2.33. The molecule has 1 aromatic heterocycles. The van der Waals surface area contributed by atoms with Crippen LogP contribution in [0.2, 0.25) is 0 Å². The maximum atomic E-state index is 11.8. The minimum absolute atomic E-state index is 0.158. The molecule has 0 bridgehead atoms. The first-order chi connectivity index (χ1) is 6.45. The molecule has 0 aliphatic heterocycles. The summed E-state index contributed by atoms with van der Waals surface area (Å²) in [5.74, 6) is 0.158. The Morgan fingerprint density at radius 3 is 2.71 bits per heavy atom. The van der Waals surface area contributed by atoms with Gasteiger partial charge in [-0.1, -0.05) is 13.8 Å². The third-order valence-electron chi connectivity index (χ3n) is 2.27. The van der Waals surface area contributed by atoms with Gasteiger partial charge in [0.05, 0.1) is 17.1 Å². The molecule has 0 amide bonds. The molecule has 1 heterocycles. The molecular formula is C10H16N2OS.